The lowest BCUT2D eigenvalue weighted by Crippen LogP contribution is -2.31. The molecule has 1 saturated heterocycles. The molecule has 1 saturated carbocycles. The number of rotatable bonds is 6. The first-order valence-electron chi connectivity index (χ1n) is 11.5. The average Bonchev–Trinajstić information content (AvgIpc) is 3.36. The van der Waals surface area contributed by atoms with E-state index in [0.717, 1.165) is 11.3 Å². The van der Waals surface area contributed by atoms with Gasteiger partial charge >= 0.3 is 5.97 Å². The number of aromatic nitrogens is 2. The molecule has 1 aliphatic heterocycles. The van der Waals surface area contributed by atoms with E-state index in [4.69, 9.17) is 9.57 Å². The zero-order valence-electron chi connectivity index (χ0n) is 19.3. The highest BCUT2D eigenvalue weighted by molar-refractivity contribution is 7.20. The molecule has 5 rings (SSSR count). The highest BCUT2D eigenvalue weighted by Crippen LogP contribution is 2.38. The van der Waals surface area contributed by atoms with Crippen molar-refractivity contribution in [3.63, 3.8) is 0 Å². The molecule has 2 aromatic heterocycles. The van der Waals surface area contributed by atoms with Crippen molar-refractivity contribution in [2.45, 2.75) is 57.7 Å². The Morgan fingerprint density at radius 1 is 1.17 bits per heavy atom. The van der Waals surface area contributed by atoms with Gasteiger partial charge in [0.1, 0.15) is 33.4 Å². The molecule has 1 aromatic carbocycles. The maximum absolute atomic E-state index is 14.1. The monoisotopic (exact) mass is 514 g/mol. The first-order chi connectivity index (χ1) is 17.3. The number of hydroxylamine groups is 2. The molecule has 12 heteroatoms. The number of carbonyl (C=O) groups excluding carboxylic acids is 3. The number of fused-ring (bicyclic) bond motifs is 1. The summed E-state index contributed by atoms with van der Waals surface area (Å²) in [6.45, 7) is 1.69. The van der Waals surface area contributed by atoms with Crippen LogP contribution in [0.2, 0.25) is 0 Å². The van der Waals surface area contributed by atoms with Gasteiger partial charge in [-0.3, -0.25) is 9.59 Å². The van der Waals surface area contributed by atoms with Gasteiger partial charge in [0.2, 0.25) is 0 Å². The third kappa shape index (κ3) is 4.73. The second-order valence-electron chi connectivity index (χ2n) is 8.73. The Hall–Kier alpha value is -3.64. The van der Waals surface area contributed by atoms with Crippen molar-refractivity contribution >= 4 is 50.8 Å². The molecule has 0 atom stereocenters. The van der Waals surface area contributed by atoms with Crippen LogP contribution >= 0.6 is 11.3 Å². The van der Waals surface area contributed by atoms with Crippen molar-refractivity contribution < 1.29 is 33.5 Å². The van der Waals surface area contributed by atoms with Gasteiger partial charge in [-0.1, -0.05) is 0 Å². The van der Waals surface area contributed by atoms with Gasteiger partial charge in [0, 0.05) is 18.9 Å². The van der Waals surface area contributed by atoms with Crippen LogP contribution in [-0.2, 0) is 14.4 Å². The fourth-order valence-corrected chi connectivity index (χ4v) is 5.33. The van der Waals surface area contributed by atoms with E-state index < -0.39 is 23.6 Å². The number of halogens is 1. The number of hydrogen-bond acceptors (Lipinski definition) is 10. The topological polar surface area (TPSA) is 131 Å². The predicted molar refractivity (Wildman–Crippen MR) is 127 cm³/mol. The van der Waals surface area contributed by atoms with Crippen LogP contribution in [-0.4, -0.2) is 50.1 Å². The Morgan fingerprint density at radius 2 is 1.89 bits per heavy atom. The number of ether oxygens (including phenoxy) is 1. The zero-order chi connectivity index (χ0) is 25.4. The lowest BCUT2D eigenvalue weighted by atomic mass is 9.95. The summed E-state index contributed by atoms with van der Waals surface area (Å²) in [4.78, 5) is 50.7. The molecule has 2 aliphatic rings. The normalized spacial score (nSPS) is 20.1. The maximum atomic E-state index is 14.1. The number of anilines is 2. The molecular formula is C24H23FN4O6S. The number of aliphatic hydroxyl groups is 1. The minimum Gasteiger partial charge on any atom is -0.488 e. The van der Waals surface area contributed by atoms with Crippen LogP contribution in [0.1, 0.15) is 53.8 Å². The van der Waals surface area contributed by atoms with Gasteiger partial charge in [0.15, 0.2) is 0 Å². The smallest absolute Gasteiger partial charge is 0.374 e. The summed E-state index contributed by atoms with van der Waals surface area (Å²) in [5.74, 6) is -1.74. The lowest BCUT2D eigenvalue weighted by Gasteiger charge is -2.27. The summed E-state index contributed by atoms with van der Waals surface area (Å²) in [7, 11) is 0. The number of hydrogen-bond donors (Lipinski definition) is 2. The Balaban J connectivity index is 1.42. The van der Waals surface area contributed by atoms with Gasteiger partial charge < -0.3 is 20.0 Å². The van der Waals surface area contributed by atoms with Crippen molar-refractivity contribution in [2.24, 2.45) is 0 Å². The number of amides is 2. The largest absolute Gasteiger partial charge is 0.488 e. The third-order valence-electron chi connectivity index (χ3n) is 6.23. The van der Waals surface area contributed by atoms with Crippen LogP contribution in [0.25, 0.3) is 10.2 Å². The van der Waals surface area contributed by atoms with Gasteiger partial charge in [-0.05, 0) is 50.3 Å². The Labute approximate surface area is 209 Å². The van der Waals surface area contributed by atoms with Gasteiger partial charge in [-0.15, -0.1) is 16.4 Å². The van der Waals surface area contributed by atoms with Crippen LogP contribution < -0.4 is 10.1 Å². The molecular weight excluding hydrogens is 491 g/mol. The molecule has 36 heavy (non-hydrogen) atoms. The number of nitrogens with one attached hydrogen (secondary N) is 1. The van der Waals surface area contributed by atoms with E-state index in [-0.39, 0.29) is 29.9 Å². The van der Waals surface area contributed by atoms with Crippen molar-refractivity contribution in [1.29, 1.82) is 0 Å². The standard InChI is InChI=1S/C24H23FN4O6S/c1-12-20-22(28-16-7-2-13(25)10-17(16)34-15-5-3-14(30)4-6-15)26-11-27-23(20)36-21(12)24(33)35-29-18(31)8-9-19(29)32/h2,7,10-11,14-15,30H,3-6,8-9H2,1H3,(H,26,27,28)/t14-,15-. The Kier molecular flexibility index (Phi) is 6.54. The van der Waals surface area contributed by atoms with Crippen LogP contribution in [0.5, 0.6) is 5.75 Å². The molecule has 3 aromatic rings. The fraction of sp³-hybridized carbons (Fsp3) is 0.375. The SMILES string of the molecule is Cc1c(C(=O)ON2C(=O)CCC2=O)sc2ncnc(Nc3ccc(F)cc3O[C@H]3CC[C@H](O)CC3)c12. The summed E-state index contributed by atoms with van der Waals surface area (Å²) >= 11 is 1.05. The van der Waals surface area contributed by atoms with E-state index in [2.05, 4.69) is 15.3 Å². The molecule has 2 amide bonds. The fourth-order valence-electron chi connectivity index (χ4n) is 4.31. The second kappa shape index (κ2) is 9.78. The second-order valence-corrected chi connectivity index (χ2v) is 9.73. The highest BCUT2D eigenvalue weighted by atomic mass is 32.1. The number of imide groups is 1. The number of benzene rings is 1. The Bertz CT molecular complexity index is 1340. The van der Waals surface area contributed by atoms with Gasteiger partial charge in [0.05, 0.1) is 23.3 Å². The Morgan fingerprint density at radius 3 is 2.61 bits per heavy atom. The third-order valence-corrected chi connectivity index (χ3v) is 7.41. The molecule has 0 spiro atoms. The maximum Gasteiger partial charge on any atom is 0.374 e. The van der Waals surface area contributed by atoms with Crippen LogP contribution in [0.3, 0.4) is 0 Å². The van der Waals surface area contributed by atoms with Crippen LogP contribution in [0, 0.1) is 12.7 Å². The molecule has 188 valence electrons. The van der Waals surface area contributed by atoms with Crippen molar-refractivity contribution in [1.82, 2.24) is 15.0 Å². The van der Waals surface area contributed by atoms with E-state index in [9.17, 15) is 23.9 Å². The first-order valence-corrected chi connectivity index (χ1v) is 12.3. The highest BCUT2D eigenvalue weighted by Gasteiger charge is 2.34. The van der Waals surface area contributed by atoms with Gasteiger partial charge in [0.25, 0.3) is 11.8 Å². The van der Waals surface area contributed by atoms with E-state index in [1.165, 1.54) is 24.5 Å². The molecule has 0 unspecified atom stereocenters. The number of carbonyl (C=O) groups is 3. The van der Waals surface area contributed by atoms with Crippen LogP contribution in [0.15, 0.2) is 24.5 Å². The molecule has 0 bridgehead atoms. The van der Waals surface area contributed by atoms with E-state index >= 15 is 0 Å². The average molecular weight is 515 g/mol. The van der Waals surface area contributed by atoms with E-state index in [1.54, 1.807) is 6.92 Å². The number of aryl methyl sites for hydroxylation is 1. The summed E-state index contributed by atoms with van der Waals surface area (Å²) in [5, 5.41) is 14.0. The van der Waals surface area contributed by atoms with Gasteiger partial charge in [-0.25, -0.2) is 19.2 Å². The molecule has 3 heterocycles. The summed E-state index contributed by atoms with van der Waals surface area (Å²) in [6.07, 6.45) is 3.40. The minimum absolute atomic E-state index is 0.000563. The predicted octanol–water partition coefficient (Wildman–Crippen LogP) is 3.79. The zero-order valence-corrected chi connectivity index (χ0v) is 20.1. The first kappa shape index (κ1) is 24.1. The van der Waals surface area contributed by atoms with Crippen molar-refractivity contribution in [3.05, 3.63) is 40.8 Å². The summed E-state index contributed by atoms with van der Waals surface area (Å²) < 4.78 is 20.1. The van der Waals surface area contributed by atoms with Crippen LogP contribution in [0.4, 0.5) is 15.9 Å². The van der Waals surface area contributed by atoms with E-state index in [0.29, 0.717) is 63.8 Å². The molecule has 2 fully saturated rings. The van der Waals surface area contributed by atoms with Crippen molar-refractivity contribution in [2.75, 3.05) is 5.32 Å². The quantitative estimate of drug-likeness (QED) is 0.472. The lowest BCUT2D eigenvalue weighted by molar-refractivity contribution is -0.172. The molecule has 10 nitrogen and oxygen atoms in total. The summed E-state index contributed by atoms with van der Waals surface area (Å²) in [5.41, 5.74) is 0.985. The molecule has 0 radical (unpaired) electrons. The number of thiophene rings is 1. The number of nitrogens with zero attached hydrogens (tertiary/aromatic N) is 3. The summed E-state index contributed by atoms with van der Waals surface area (Å²) in [6, 6.07) is 4.13. The molecule has 1 aliphatic carbocycles. The van der Waals surface area contributed by atoms with E-state index in [1.807, 2.05) is 0 Å². The van der Waals surface area contributed by atoms with Crippen molar-refractivity contribution in [3.8, 4) is 5.75 Å². The number of aliphatic hydroxyl groups excluding tert-OH is 1. The molecule has 2 N–H and O–H groups in total. The van der Waals surface area contributed by atoms with Gasteiger partial charge in [-0.2, -0.15) is 0 Å². The minimum atomic E-state index is -0.838.